The van der Waals surface area contributed by atoms with E-state index >= 15 is 0 Å². The molecule has 1 aliphatic heterocycles. The van der Waals surface area contributed by atoms with Crippen molar-refractivity contribution in [1.82, 2.24) is 0 Å². The molecule has 0 unspecified atom stereocenters. The third kappa shape index (κ3) is 4.20. The van der Waals surface area contributed by atoms with E-state index in [4.69, 9.17) is 4.84 Å². The fraction of sp³-hybridized carbons (Fsp3) is 0.929. The number of hydrogen-bond acceptors (Lipinski definition) is 3. The van der Waals surface area contributed by atoms with Crippen molar-refractivity contribution in [1.29, 1.82) is 0 Å². The van der Waals surface area contributed by atoms with Gasteiger partial charge in [-0.15, -0.1) is 11.8 Å². The molecule has 0 saturated carbocycles. The van der Waals surface area contributed by atoms with Crippen molar-refractivity contribution in [2.45, 2.75) is 72.7 Å². The Balaban J connectivity index is 2.77. The molecule has 0 bridgehead atoms. The summed E-state index contributed by atoms with van der Waals surface area (Å²) in [4.78, 5) is 5.45. The van der Waals surface area contributed by atoms with Crippen LogP contribution in [0.3, 0.4) is 0 Å². The van der Waals surface area contributed by atoms with Crippen molar-refractivity contribution in [3.63, 3.8) is 0 Å². The van der Waals surface area contributed by atoms with E-state index < -0.39 is 0 Å². The van der Waals surface area contributed by atoms with Crippen LogP contribution in [0.5, 0.6) is 0 Å². The summed E-state index contributed by atoms with van der Waals surface area (Å²) < 4.78 is 0. The van der Waals surface area contributed by atoms with E-state index in [9.17, 15) is 0 Å². The number of hydrogen-bond donors (Lipinski definition) is 0. The third-order valence-corrected chi connectivity index (χ3v) is 4.94. The van der Waals surface area contributed by atoms with Crippen molar-refractivity contribution < 1.29 is 4.84 Å². The molecule has 0 aromatic heterocycles. The summed E-state index contributed by atoms with van der Waals surface area (Å²) in [5.41, 5.74) is 0.402. The van der Waals surface area contributed by atoms with Crippen molar-refractivity contribution in [3.8, 4) is 0 Å². The van der Waals surface area contributed by atoms with Crippen LogP contribution in [-0.4, -0.2) is 15.9 Å². The van der Waals surface area contributed by atoms with Gasteiger partial charge < -0.3 is 4.84 Å². The van der Waals surface area contributed by atoms with Crippen LogP contribution >= 0.6 is 11.8 Å². The van der Waals surface area contributed by atoms with Gasteiger partial charge in [-0.25, -0.2) is 0 Å². The molecule has 0 aromatic carbocycles. The van der Waals surface area contributed by atoms with Crippen LogP contribution in [0.1, 0.15) is 61.8 Å². The topological polar surface area (TPSA) is 21.6 Å². The first-order valence-corrected chi connectivity index (χ1v) is 7.21. The Labute approximate surface area is 111 Å². The monoisotopic (exact) mass is 257 g/mol. The molecule has 0 aliphatic carbocycles. The van der Waals surface area contributed by atoms with Crippen LogP contribution in [-0.2, 0) is 4.84 Å². The van der Waals surface area contributed by atoms with Crippen LogP contribution in [0.4, 0.5) is 0 Å². The van der Waals surface area contributed by atoms with Crippen molar-refractivity contribution in [2.75, 3.05) is 0 Å². The van der Waals surface area contributed by atoms with Gasteiger partial charge in [0, 0.05) is 11.7 Å². The average molecular weight is 257 g/mol. The van der Waals surface area contributed by atoms with Gasteiger partial charge in [-0.05, 0) is 24.7 Å². The molecule has 0 N–H and O–H groups in total. The Morgan fingerprint density at radius 3 is 1.88 bits per heavy atom. The fourth-order valence-corrected chi connectivity index (χ4v) is 3.95. The molecule has 100 valence electrons. The van der Waals surface area contributed by atoms with Gasteiger partial charge in [0.05, 0.1) is 0 Å². The van der Waals surface area contributed by atoms with Gasteiger partial charge in [0.2, 0.25) is 0 Å². The summed E-state index contributed by atoms with van der Waals surface area (Å²) >= 11 is 1.89. The molecule has 1 heterocycles. The van der Waals surface area contributed by atoms with E-state index in [1.165, 1.54) is 0 Å². The molecule has 0 aromatic rings. The van der Waals surface area contributed by atoms with Crippen molar-refractivity contribution in [3.05, 3.63) is 0 Å². The average Bonchev–Trinajstić information content (AvgIpc) is 2.37. The molecule has 3 heteroatoms. The Morgan fingerprint density at radius 2 is 1.59 bits per heavy atom. The number of nitrogens with zero attached hydrogens (tertiary/aromatic N) is 1. The second-order valence-corrected chi connectivity index (χ2v) is 8.92. The van der Waals surface area contributed by atoms with Crippen LogP contribution in [0.2, 0.25) is 0 Å². The molecule has 0 atom stereocenters. The number of oxime groups is 1. The maximum absolute atomic E-state index is 5.45. The SMILES string of the molecule is CC1(C)CC(SC(C(C)(C)C)C(C)(C)C)=NO1. The maximum Gasteiger partial charge on any atom is 0.138 e. The molecule has 0 amide bonds. The van der Waals surface area contributed by atoms with Gasteiger partial charge in [-0.3, -0.25) is 0 Å². The number of rotatable bonds is 1. The van der Waals surface area contributed by atoms with E-state index in [0.717, 1.165) is 11.5 Å². The van der Waals surface area contributed by atoms with Gasteiger partial charge in [0.1, 0.15) is 10.6 Å². The van der Waals surface area contributed by atoms with Crippen LogP contribution in [0.25, 0.3) is 0 Å². The summed E-state index contributed by atoms with van der Waals surface area (Å²) in [7, 11) is 0. The van der Waals surface area contributed by atoms with Crippen LogP contribution in [0.15, 0.2) is 5.16 Å². The Hall–Kier alpha value is -0.180. The molecular formula is C14H27NOS. The standard InChI is InChI=1S/C14H27NOS/c1-12(2,3)11(13(4,5)6)17-10-9-14(7,8)16-15-10/h11H,9H2,1-8H3. The molecule has 1 rings (SSSR count). The largest absolute Gasteiger partial charge is 0.389 e. The van der Waals surface area contributed by atoms with E-state index in [1.54, 1.807) is 0 Å². The van der Waals surface area contributed by atoms with Crippen molar-refractivity contribution in [2.24, 2.45) is 16.0 Å². The van der Waals surface area contributed by atoms with Gasteiger partial charge in [-0.1, -0.05) is 46.7 Å². The summed E-state index contributed by atoms with van der Waals surface area (Å²) in [6.45, 7) is 18.0. The molecule has 0 spiro atoms. The minimum atomic E-state index is -0.122. The molecule has 0 radical (unpaired) electrons. The highest BCUT2D eigenvalue weighted by molar-refractivity contribution is 8.14. The normalized spacial score (nSPS) is 20.4. The number of thioether (sulfide) groups is 1. The third-order valence-electron chi connectivity index (χ3n) is 2.80. The predicted molar refractivity (Wildman–Crippen MR) is 77.5 cm³/mol. The molecule has 0 saturated heterocycles. The first-order chi connectivity index (χ1) is 7.42. The van der Waals surface area contributed by atoms with E-state index in [0.29, 0.717) is 5.25 Å². The predicted octanol–water partition coefficient (Wildman–Crippen LogP) is 4.69. The van der Waals surface area contributed by atoms with E-state index in [1.807, 2.05) is 11.8 Å². The lowest BCUT2D eigenvalue weighted by molar-refractivity contribution is 0.0123. The van der Waals surface area contributed by atoms with Crippen LogP contribution in [0, 0.1) is 10.8 Å². The molecule has 1 aliphatic rings. The summed E-state index contributed by atoms with van der Waals surface area (Å²) in [5, 5.41) is 5.91. The fourth-order valence-electron chi connectivity index (χ4n) is 2.46. The minimum absolute atomic E-state index is 0.122. The molecule has 0 fully saturated rings. The van der Waals surface area contributed by atoms with E-state index in [-0.39, 0.29) is 16.4 Å². The molecular weight excluding hydrogens is 230 g/mol. The lowest BCUT2D eigenvalue weighted by Gasteiger charge is -2.40. The van der Waals surface area contributed by atoms with Gasteiger partial charge in [0.15, 0.2) is 0 Å². The zero-order valence-corrected chi connectivity index (χ0v) is 13.4. The maximum atomic E-state index is 5.45. The Morgan fingerprint density at radius 1 is 1.12 bits per heavy atom. The highest BCUT2D eigenvalue weighted by Gasteiger charge is 2.39. The second kappa shape index (κ2) is 4.49. The quantitative estimate of drug-likeness (QED) is 0.679. The zero-order chi connectivity index (χ0) is 13.5. The molecule has 2 nitrogen and oxygen atoms in total. The van der Waals surface area contributed by atoms with Gasteiger partial charge >= 0.3 is 0 Å². The van der Waals surface area contributed by atoms with E-state index in [2.05, 4.69) is 60.5 Å². The molecule has 17 heavy (non-hydrogen) atoms. The van der Waals surface area contributed by atoms with Crippen LogP contribution < -0.4 is 0 Å². The Bertz CT molecular complexity index is 293. The highest BCUT2D eigenvalue weighted by atomic mass is 32.2. The summed E-state index contributed by atoms with van der Waals surface area (Å²) in [6.07, 6.45) is 0.931. The van der Waals surface area contributed by atoms with Crippen molar-refractivity contribution >= 4 is 16.8 Å². The minimum Gasteiger partial charge on any atom is -0.389 e. The first-order valence-electron chi connectivity index (χ1n) is 6.33. The highest BCUT2D eigenvalue weighted by Crippen LogP contribution is 2.44. The smallest absolute Gasteiger partial charge is 0.138 e. The van der Waals surface area contributed by atoms with Gasteiger partial charge in [0.25, 0.3) is 0 Å². The first kappa shape index (κ1) is 14.9. The zero-order valence-electron chi connectivity index (χ0n) is 12.5. The second-order valence-electron chi connectivity index (χ2n) is 7.74. The lowest BCUT2D eigenvalue weighted by Crippen LogP contribution is -2.36. The van der Waals surface area contributed by atoms with Gasteiger partial charge in [-0.2, -0.15) is 0 Å². The summed E-state index contributed by atoms with van der Waals surface area (Å²) in [5.74, 6) is 0. The summed E-state index contributed by atoms with van der Waals surface area (Å²) in [6, 6.07) is 0. The lowest BCUT2D eigenvalue weighted by atomic mass is 9.77. The Kier molecular flexibility index (Phi) is 3.93.